The van der Waals surface area contributed by atoms with Crippen molar-refractivity contribution in [3.8, 4) is 0 Å². The zero-order valence-electron chi connectivity index (χ0n) is 10.1. The number of hydrogen-bond donors (Lipinski definition) is 1. The highest BCUT2D eigenvalue weighted by atomic mass is 79.9. The third kappa shape index (κ3) is 3.56. The van der Waals surface area contributed by atoms with E-state index in [9.17, 15) is 4.79 Å². The Morgan fingerprint density at radius 2 is 1.88 bits per heavy atom. The van der Waals surface area contributed by atoms with Crippen LogP contribution in [0.15, 0.2) is 28.7 Å². The van der Waals surface area contributed by atoms with Gasteiger partial charge in [-0.1, -0.05) is 35.7 Å². The van der Waals surface area contributed by atoms with Crippen LogP contribution in [0.25, 0.3) is 0 Å². The quantitative estimate of drug-likeness (QED) is 0.882. The van der Waals surface area contributed by atoms with E-state index in [1.54, 1.807) is 0 Å². The highest BCUT2D eigenvalue weighted by molar-refractivity contribution is 9.10. The summed E-state index contributed by atoms with van der Waals surface area (Å²) >= 11 is 3.38. The summed E-state index contributed by atoms with van der Waals surface area (Å²) in [4.78, 5) is 11.9. The number of rotatable bonds is 3. The maximum atomic E-state index is 11.9. The van der Waals surface area contributed by atoms with Crippen LogP contribution in [0.5, 0.6) is 0 Å². The van der Waals surface area contributed by atoms with Gasteiger partial charge in [-0.05, 0) is 42.5 Å². The van der Waals surface area contributed by atoms with Gasteiger partial charge in [0.25, 0.3) is 0 Å². The smallest absolute Gasteiger partial charge is 0.224 e. The predicted molar refractivity (Wildman–Crippen MR) is 74.0 cm³/mol. The normalized spacial score (nSPS) is 18.0. The molecular weight excluding hydrogens is 278 g/mol. The molecule has 92 valence electrons. The summed E-state index contributed by atoms with van der Waals surface area (Å²) in [6.45, 7) is 2.22. The van der Waals surface area contributed by atoms with Gasteiger partial charge in [0.1, 0.15) is 0 Å². The van der Waals surface area contributed by atoms with Gasteiger partial charge in [0.05, 0.1) is 0 Å². The van der Waals surface area contributed by atoms with Crippen LogP contribution in [0.4, 0.5) is 5.69 Å². The molecule has 1 aromatic rings. The summed E-state index contributed by atoms with van der Waals surface area (Å²) in [5.41, 5.74) is 1.10. The molecule has 2 rings (SSSR count). The van der Waals surface area contributed by atoms with Crippen LogP contribution >= 0.6 is 15.9 Å². The van der Waals surface area contributed by atoms with Crippen molar-refractivity contribution in [3.05, 3.63) is 28.7 Å². The van der Waals surface area contributed by atoms with Crippen molar-refractivity contribution >= 4 is 27.5 Å². The topological polar surface area (TPSA) is 29.1 Å². The Hall–Kier alpha value is -0.830. The number of carbonyl (C=O) groups is 1. The second-order valence-corrected chi connectivity index (χ2v) is 6.17. The van der Waals surface area contributed by atoms with Gasteiger partial charge < -0.3 is 5.32 Å². The number of carbonyl (C=O) groups excluding carboxylic acids is 1. The van der Waals surface area contributed by atoms with Gasteiger partial charge in [-0.2, -0.15) is 0 Å². The Morgan fingerprint density at radius 3 is 2.47 bits per heavy atom. The molecule has 0 heterocycles. The first-order valence-corrected chi connectivity index (χ1v) is 6.92. The molecule has 1 aliphatic rings. The molecule has 1 N–H and O–H groups in total. The first-order valence-electron chi connectivity index (χ1n) is 6.13. The molecule has 1 fully saturated rings. The molecule has 0 aliphatic heterocycles. The lowest BCUT2D eigenvalue weighted by molar-refractivity contribution is -0.118. The van der Waals surface area contributed by atoms with Gasteiger partial charge in [0.2, 0.25) is 5.91 Å². The fourth-order valence-electron chi connectivity index (χ4n) is 2.53. The van der Waals surface area contributed by atoms with Crippen molar-refractivity contribution in [1.82, 2.24) is 0 Å². The molecule has 2 nitrogen and oxygen atoms in total. The first-order chi connectivity index (χ1) is 8.07. The third-order valence-electron chi connectivity index (χ3n) is 3.53. The molecule has 17 heavy (non-hydrogen) atoms. The van der Waals surface area contributed by atoms with Gasteiger partial charge in [0, 0.05) is 16.6 Å². The van der Waals surface area contributed by atoms with Crippen molar-refractivity contribution in [2.75, 3.05) is 5.32 Å². The maximum absolute atomic E-state index is 11.9. The number of amides is 1. The highest BCUT2D eigenvalue weighted by Crippen LogP contribution is 2.40. The lowest BCUT2D eigenvalue weighted by Crippen LogP contribution is -2.22. The molecule has 1 aliphatic carbocycles. The summed E-state index contributed by atoms with van der Waals surface area (Å²) in [6, 6.07) is 7.71. The molecule has 0 bridgehead atoms. The van der Waals surface area contributed by atoms with Gasteiger partial charge in [-0.25, -0.2) is 0 Å². The fraction of sp³-hybridized carbons (Fsp3) is 0.500. The SMILES string of the molecule is CC1(CC(=O)Nc2ccc(Br)cc2)CCCC1. The summed E-state index contributed by atoms with van der Waals surface area (Å²) in [7, 11) is 0. The standard InChI is InChI=1S/C14H18BrNO/c1-14(8-2-3-9-14)10-13(17)16-12-6-4-11(15)5-7-12/h4-7H,2-3,8-10H2,1H3,(H,16,17). The van der Waals surface area contributed by atoms with E-state index in [4.69, 9.17) is 0 Å². The van der Waals surface area contributed by atoms with E-state index in [0.717, 1.165) is 10.2 Å². The van der Waals surface area contributed by atoms with Gasteiger partial charge in [-0.15, -0.1) is 0 Å². The molecule has 3 heteroatoms. The Balaban J connectivity index is 1.91. The summed E-state index contributed by atoms with van der Waals surface area (Å²) in [5, 5.41) is 2.96. The molecule has 1 amide bonds. The number of nitrogens with one attached hydrogen (secondary N) is 1. The number of anilines is 1. The van der Waals surface area contributed by atoms with E-state index in [-0.39, 0.29) is 11.3 Å². The third-order valence-corrected chi connectivity index (χ3v) is 4.05. The molecule has 1 saturated carbocycles. The van der Waals surface area contributed by atoms with E-state index >= 15 is 0 Å². The summed E-state index contributed by atoms with van der Waals surface area (Å²) < 4.78 is 1.03. The zero-order valence-corrected chi connectivity index (χ0v) is 11.7. The number of hydrogen-bond acceptors (Lipinski definition) is 1. The Bertz CT molecular complexity index is 393. The number of benzene rings is 1. The minimum Gasteiger partial charge on any atom is -0.326 e. The van der Waals surface area contributed by atoms with E-state index < -0.39 is 0 Å². The number of halogens is 1. The van der Waals surface area contributed by atoms with Crippen molar-refractivity contribution in [2.24, 2.45) is 5.41 Å². The Morgan fingerprint density at radius 1 is 1.29 bits per heavy atom. The largest absolute Gasteiger partial charge is 0.326 e. The molecule has 1 aromatic carbocycles. The first kappa shape index (κ1) is 12.6. The molecule has 0 aromatic heterocycles. The molecular formula is C14H18BrNO. The Labute approximate surface area is 111 Å². The van der Waals surface area contributed by atoms with Crippen molar-refractivity contribution in [2.45, 2.75) is 39.0 Å². The molecule has 0 atom stereocenters. The highest BCUT2D eigenvalue weighted by Gasteiger charge is 2.30. The molecule has 0 radical (unpaired) electrons. The van der Waals surface area contributed by atoms with Crippen LogP contribution in [0.2, 0.25) is 0 Å². The molecule has 0 saturated heterocycles. The molecule has 0 spiro atoms. The zero-order chi connectivity index (χ0) is 12.3. The van der Waals surface area contributed by atoms with E-state index in [0.29, 0.717) is 6.42 Å². The van der Waals surface area contributed by atoms with Crippen LogP contribution in [-0.2, 0) is 4.79 Å². The maximum Gasteiger partial charge on any atom is 0.224 e. The minimum atomic E-state index is 0.136. The van der Waals surface area contributed by atoms with Crippen molar-refractivity contribution in [1.29, 1.82) is 0 Å². The van der Waals surface area contributed by atoms with Crippen LogP contribution < -0.4 is 5.32 Å². The fourth-order valence-corrected chi connectivity index (χ4v) is 2.80. The lowest BCUT2D eigenvalue weighted by Gasteiger charge is -2.22. The molecule has 0 unspecified atom stereocenters. The van der Waals surface area contributed by atoms with Gasteiger partial charge in [0.15, 0.2) is 0 Å². The van der Waals surface area contributed by atoms with Crippen molar-refractivity contribution < 1.29 is 4.79 Å². The van der Waals surface area contributed by atoms with Gasteiger partial charge in [-0.3, -0.25) is 4.79 Å². The predicted octanol–water partition coefficient (Wildman–Crippen LogP) is 4.36. The van der Waals surface area contributed by atoms with Crippen LogP contribution in [0, 0.1) is 5.41 Å². The van der Waals surface area contributed by atoms with E-state index in [1.165, 1.54) is 25.7 Å². The van der Waals surface area contributed by atoms with E-state index in [2.05, 4.69) is 28.2 Å². The monoisotopic (exact) mass is 295 g/mol. The second kappa shape index (κ2) is 5.21. The average molecular weight is 296 g/mol. The van der Waals surface area contributed by atoms with Crippen LogP contribution in [0.1, 0.15) is 39.0 Å². The van der Waals surface area contributed by atoms with Crippen molar-refractivity contribution in [3.63, 3.8) is 0 Å². The average Bonchev–Trinajstić information content (AvgIpc) is 2.68. The van der Waals surface area contributed by atoms with Gasteiger partial charge >= 0.3 is 0 Å². The second-order valence-electron chi connectivity index (χ2n) is 5.25. The Kier molecular flexibility index (Phi) is 3.87. The minimum absolute atomic E-state index is 0.136. The van der Waals surface area contributed by atoms with Crippen LogP contribution in [-0.4, -0.2) is 5.91 Å². The summed E-state index contributed by atoms with van der Waals surface area (Å²) in [6.07, 6.45) is 5.54. The van der Waals surface area contributed by atoms with E-state index in [1.807, 2.05) is 24.3 Å². The van der Waals surface area contributed by atoms with Crippen LogP contribution in [0.3, 0.4) is 0 Å². The lowest BCUT2D eigenvalue weighted by atomic mass is 9.85. The summed E-state index contributed by atoms with van der Waals surface area (Å²) in [5.74, 6) is 0.136.